The summed E-state index contributed by atoms with van der Waals surface area (Å²) in [5.74, 6) is 0.710. The van der Waals surface area contributed by atoms with E-state index in [0.717, 1.165) is 10.7 Å². The third kappa shape index (κ3) is 3.75. The molecule has 3 heterocycles. The first kappa shape index (κ1) is 17.3. The minimum absolute atomic E-state index is 0.214. The molecule has 0 aliphatic carbocycles. The minimum Gasteiger partial charge on any atom is -0.379 e. The van der Waals surface area contributed by atoms with Crippen molar-refractivity contribution >= 4 is 27.2 Å². The Hall–Kier alpha value is -1.55. The average molecular weight is 368 g/mol. The van der Waals surface area contributed by atoms with Gasteiger partial charge in [-0.15, -0.1) is 11.3 Å². The van der Waals surface area contributed by atoms with Crippen LogP contribution in [-0.4, -0.2) is 56.0 Å². The van der Waals surface area contributed by atoms with Crippen molar-refractivity contribution in [3.8, 4) is 0 Å². The SMILES string of the molecule is Cc1nc(CN(C)c2ccc(S(=O)(=O)N3CCOCC3)cn2)cs1. The van der Waals surface area contributed by atoms with Gasteiger partial charge in [-0.1, -0.05) is 0 Å². The predicted molar refractivity (Wildman–Crippen MR) is 92.8 cm³/mol. The number of ether oxygens (including phenoxy) is 1. The highest BCUT2D eigenvalue weighted by Gasteiger charge is 2.26. The number of aromatic nitrogens is 2. The van der Waals surface area contributed by atoms with Crippen LogP contribution in [0.3, 0.4) is 0 Å². The number of aryl methyl sites for hydroxylation is 1. The van der Waals surface area contributed by atoms with Gasteiger partial charge in [0.25, 0.3) is 0 Å². The van der Waals surface area contributed by atoms with Gasteiger partial charge in [0.1, 0.15) is 10.7 Å². The summed E-state index contributed by atoms with van der Waals surface area (Å²) in [6.45, 7) is 4.23. The predicted octanol–water partition coefficient (Wildman–Crippen LogP) is 1.50. The third-order valence-electron chi connectivity index (χ3n) is 3.79. The van der Waals surface area contributed by atoms with E-state index in [1.165, 1.54) is 10.5 Å². The number of nitrogens with zero attached hydrogens (tertiary/aromatic N) is 4. The van der Waals surface area contributed by atoms with Crippen LogP contribution in [0.2, 0.25) is 0 Å². The third-order valence-corrected chi connectivity index (χ3v) is 6.49. The fourth-order valence-electron chi connectivity index (χ4n) is 2.49. The molecule has 24 heavy (non-hydrogen) atoms. The second kappa shape index (κ2) is 7.14. The number of hydrogen-bond acceptors (Lipinski definition) is 7. The maximum Gasteiger partial charge on any atom is 0.244 e. The van der Waals surface area contributed by atoms with Crippen LogP contribution in [0.25, 0.3) is 0 Å². The zero-order valence-electron chi connectivity index (χ0n) is 13.7. The zero-order valence-corrected chi connectivity index (χ0v) is 15.3. The van der Waals surface area contributed by atoms with E-state index in [9.17, 15) is 8.42 Å². The van der Waals surface area contributed by atoms with Gasteiger partial charge in [0, 0.05) is 31.7 Å². The molecule has 0 amide bonds. The summed E-state index contributed by atoms with van der Waals surface area (Å²) in [7, 11) is -1.59. The lowest BCUT2D eigenvalue weighted by atomic mass is 10.4. The number of thiazole rings is 1. The summed E-state index contributed by atoms with van der Waals surface area (Å²) in [6.07, 6.45) is 1.42. The summed E-state index contributed by atoms with van der Waals surface area (Å²) in [4.78, 5) is 10.9. The molecule has 0 radical (unpaired) electrons. The summed E-state index contributed by atoms with van der Waals surface area (Å²) in [6, 6.07) is 3.34. The van der Waals surface area contributed by atoms with Crippen LogP contribution >= 0.6 is 11.3 Å². The number of pyridine rings is 1. The lowest BCUT2D eigenvalue weighted by molar-refractivity contribution is 0.0730. The van der Waals surface area contributed by atoms with Crippen molar-refractivity contribution < 1.29 is 13.2 Å². The van der Waals surface area contributed by atoms with Crippen LogP contribution in [-0.2, 0) is 21.3 Å². The molecule has 0 bridgehead atoms. The van der Waals surface area contributed by atoms with E-state index in [-0.39, 0.29) is 4.90 Å². The molecule has 0 saturated carbocycles. The Morgan fingerprint density at radius 2 is 2.08 bits per heavy atom. The Morgan fingerprint density at radius 3 is 2.67 bits per heavy atom. The summed E-state index contributed by atoms with van der Waals surface area (Å²) < 4.78 is 31.8. The van der Waals surface area contributed by atoms with Gasteiger partial charge in [-0.2, -0.15) is 4.31 Å². The Bertz CT molecular complexity index is 783. The Morgan fingerprint density at radius 1 is 1.33 bits per heavy atom. The highest BCUT2D eigenvalue weighted by atomic mass is 32.2. The molecular formula is C15H20N4O3S2. The van der Waals surface area contributed by atoms with Gasteiger partial charge < -0.3 is 9.64 Å². The van der Waals surface area contributed by atoms with E-state index in [0.29, 0.717) is 38.7 Å². The number of anilines is 1. The Labute approximate surface area is 146 Å². The summed E-state index contributed by atoms with van der Waals surface area (Å²) in [5.41, 5.74) is 0.979. The standard InChI is InChI=1S/C15H20N4O3S2/c1-12-17-13(11-23-12)10-18(2)15-4-3-14(9-16-15)24(20,21)19-5-7-22-8-6-19/h3-4,9,11H,5-8,10H2,1-2H3. The largest absolute Gasteiger partial charge is 0.379 e. The van der Waals surface area contributed by atoms with E-state index < -0.39 is 10.0 Å². The molecule has 0 aromatic carbocycles. The topological polar surface area (TPSA) is 75.6 Å². The smallest absolute Gasteiger partial charge is 0.244 e. The molecule has 130 valence electrons. The molecule has 9 heteroatoms. The first-order valence-electron chi connectivity index (χ1n) is 7.63. The second-order valence-corrected chi connectivity index (χ2v) is 8.58. The molecular weight excluding hydrogens is 348 g/mol. The van der Waals surface area contributed by atoms with Gasteiger partial charge in [0.05, 0.1) is 30.5 Å². The van der Waals surface area contributed by atoms with Crippen molar-refractivity contribution in [3.63, 3.8) is 0 Å². The van der Waals surface area contributed by atoms with Gasteiger partial charge in [-0.05, 0) is 19.1 Å². The Kier molecular flexibility index (Phi) is 5.14. The van der Waals surface area contributed by atoms with Crippen molar-refractivity contribution in [2.45, 2.75) is 18.4 Å². The highest BCUT2D eigenvalue weighted by Crippen LogP contribution is 2.20. The van der Waals surface area contributed by atoms with E-state index in [1.54, 1.807) is 23.5 Å². The van der Waals surface area contributed by atoms with Gasteiger partial charge >= 0.3 is 0 Å². The van der Waals surface area contributed by atoms with Gasteiger partial charge in [0.15, 0.2) is 0 Å². The quantitative estimate of drug-likeness (QED) is 0.796. The van der Waals surface area contributed by atoms with Crippen LogP contribution in [0.4, 0.5) is 5.82 Å². The summed E-state index contributed by atoms with van der Waals surface area (Å²) >= 11 is 1.61. The number of rotatable bonds is 5. The lowest BCUT2D eigenvalue weighted by Crippen LogP contribution is -2.40. The van der Waals surface area contributed by atoms with E-state index in [4.69, 9.17) is 4.74 Å². The van der Waals surface area contributed by atoms with Crippen molar-refractivity contribution in [2.75, 3.05) is 38.3 Å². The van der Waals surface area contributed by atoms with Gasteiger partial charge in [0.2, 0.25) is 10.0 Å². The molecule has 7 nitrogen and oxygen atoms in total. The van der Waals surface area contributed by atoms with Crippen molar-refractivity contribution in [2.24, 2.45) is 0 Å². The van der Waals surface area contributed by atoms with Crippen LogP contribution < -0.4 is 4.90 Å². The fourth-order valence-corrected chi connectivity index (χ4v) is 4.45. The maximum absolute atomic E-state index is 12.6. The van der Waals surface area contributed by atoms with Crippen LogP contribution in [0, 0.1) is 6.92 Å². The van der Waals surface area contributed by atoms with Crippen molar-refractivity contribution in [1.29, 1.82) is 0 Å². The first-order chi connectivity index (χ1) is 11.5. The van der Waals surface area contributed by atoms with E-state index >= 15 is 0 Å². The monoisotopic (exact) mass is 368 g/mol. The summed E-state index contributed by atoms with van der Waals surface area (Å²) in [5, 5.41) is 3.04. The highest BCUT2D eigenvalue weighted by molar-refractivity contribution is 7.89. The number of sulfonamides is 1. The molecule has 1 saturated heterocycles. The molecule has 0 atom stereocenters. The molecule has 3 rings (SSSR count). The first-order valence-corrected chi connectivity index (χ1v) is 9.95. The van der Waals surface area contributed by atoms with Gasteiger partial charge in [-0.25, -0.2) is 18.4 Å². The molecule has 1 fully saturated rings. The second-order valence-electron chi connectivity index (χ2n) is 5.58. The maximum atomic E-state index is 12.6. The molecule has 1 aliphatic heterocycles. The van der Waals surface area contributed by atoms with E-state index in [1.807, 2.05) is 24.3 Å². The molecule has 0 spiro atoms. The lowest BCUT2D eigenvalue weighted by Gasteiger charge is -2.26. The number of morpholine rings is 1. The molecule has 2 aromatic heterocycles. The Balaban J connectivity index is 1.72. The van der Waals surface area contributed by atoms with Crippen LogP contribution in [0.1, 0.15) is 10.7 Å². The number of hydrogen-bond donors (Lipinski definition) is 0. The normalized spacial score (nSPS) is 16.2. The van der Waals surface area contributed by atoms with Crippen molar-refractivity contribution in [1.82, 2.24) is 14.3 Å². The van der Waals surface area contributed by atoms with Crippen LogP contribution in [0.15, 0.2) is 28.6 Å². The fraction of sp³-hybridized carbons (Fsp3) is 0.467. The van der Waals surface area contributed by atoms with Crippen molar-refractivity contribution in [3.05, 3.63) is 34.4 Å². The minimum atomic E-state index is -3.50. The average Bonchev–Trinajstić information content (AvgIpc) is 3.00. The molecule has 1 aliphatic rings. The zero-order chi connectivity index (χ0) is 17.2. The van der Waals surface area contributed by atoms with E-state index in [2.05, 4.69) is 9.97 Å². The molecule has 0 unspecified atom stereocenters. The molecule has 0 N–H and O–H groups in total. The van der Waals surface area contributed by atoms with Crippen LogP contribution in [0.5, 0.6) is 0 Å². The molecule has 2 aromatic rings. The van der Waals surface area contributed by atoms with Gasteiger partial charge in [-0.3, -0.25) is 0 Å².